The standard InChI is InChI=1S/C9H13N3O2S/c1-14-7-8(13)6-12-4-5-15-9(12)11-3-2-10/h3-7H2,1H3/b11-9+. The van der Waals surface area contributed by atoms with E-state index in [1.807, 2.05) is 11.0 Å². The molecule has 0 unspecified atom stereocenters. The van der Waals surface area contributed by atoms with Gasteiger partial charge in [-0.3, -0.25) is 4.79 Å². The van der Waals surface area contributed by atoms with Crippen LogP contribution in [0.1, 0.15) is 0 Å². The van der Waals surface area contributed by atoms with Gasteiger partial charge in [0.25, 0.3) is 0 Å². The average molecular weight is 227 g/mol. The fraction of sp³-hybridized carbons (Fsp3) is 0.667. The molecule has 0 atom stereocenters. The Morgan fingerprint density at radius 2 is 2.60 bits per heavy atom. The summed E-state index contributed by atoms with van der Waals surface area (Å²) in [6.07, 6.45) is 0. The van der Waals surface area contributed by atoms with Gasteiger partial charge in [-0.2, -0.15) is 5.26 Å². The van der Waals surface area contributed by atoms with E-state index in [1.54, 1.807) is 11.8 Å². The zero-order valence-corrected chi connectivity index (χ0v) is 9.42. The summed E-state index contributed by atoms with van der Waals surface area (Å²) in [6.45, 7) is 1.42. The van der Waals surface area contributed by atoms with Crippen molar-refractivity contribution >= 4 is 22.7 Å². The first-order chi connectivity index (χ1) is 7.27. The van der Waals surface area contributed by atoms with Crippen LogP contribution in [0.3, 0.4) is 0 Å². The third-order valence-corrected chi connectivity index (χ3v) is 2.85. The molecule has 0 amide bonds. The number of Topliss-reactive ketones (excluding diaryl/α,β-unsaturated/α-hetero) is 1. The Morgan fingerprint density at radius 1 is 1.80 bits per heavy atom. The first kappa shape index (κ1) is 12.0. The molecule has 1 aliphatic heterocycles. The number of methoxy groups -OCH3 is 1. The van der Waals surface area contributed by atoms with Crippen LogP contribution in [0.4, 0.5) is 0 Å². The number of ketones is 1. The van der Waals surface area contributed by atoms with Crippen molar-refractivity contribution in [1.29, 1.82) is 5.26 Å². The van der Waals surface area contributed by atoms with Crippen LogP contribution in [0.2, 0.25) is 0 Å². The minimum absolute atomic E-state index is 0.0321. The number of hydrogen-bond acceptors (Lipinski definition) is 5. The maximum atomic E-state index is 11.3. The monoisotopic (exact) mass is 227 g/mol. The quantitative estimate of drug-likeness (QED) is 0.625. The number of aliphatic imine (C=N–C) groups is 1. The normalized spacial score (nSPS) is 18.1. The largest absolute Gasteiger partial charge is 0.377 e. The lowest BCUT2D eigenvalue weighted by atomic mass is 10.4. The molecule has 6 heteroatoms. The Balaban J connectivity index is 2.47. The van der Waals surface area contributed by atoms with Gasteiger partial charge in [0.15, 0.2) is 11.0 Å². The van der Waals surface area contributed by atoms with E-state index in [2.05, 4.69) is 4.99 Å². The van der Waals surface area contributed by atoms with Crippen LogP contribution in [-0.4, -0.2) is 55.0 Å². The predicted molar refractivity (Wildman–Crippen MR) is 58.8 cm³/mol. The molecule has 0 saturated carbocycles. The van der Waals surface area contributed by atoms with E-state index in [0.29, 0.717) is 6.54 Å². The third-order valence-electron chi connectivity index (χ3n) is 1.82. The molecule has 1 rings (SSSR count). The highest BCUT2D eigenvalue weighted by molar-refractivity contribution is 8.14. The van der Waals surface area contributed by atoms with Crippen LogP contribution < -0.4 is 0 Å². The number of carbonyl (C=O) groups excluding carboxylic acids is 1. The van der Waals surface area contributed by atoms with Crippen molar-refractivity contribution in [1.82, 2.24) is 4.90 Å². The van der Waals surface area contributed by atoms with E-state index < -0.39 is 0 Å². The Morgan fingerprint density at radius 3 is 3.27 bits per heavy atom. The molecule has 0 aromatic rings. The number of hydrogen-bond donors (Lipinski definition) is 0. The molecule has 1 heterocycles. The van der Waals surface area contributed by atoms with Crippen molar-refractivity contribution in [2.45, 2.75) is 0 Å². The second-order valence-corrected chi connectivity index (χ2v) is 4.06. The zero-order valence-electron chi connectivity index (χ0n) is 8.60. The molecular formula is C9H13N3O2S. The molecule has 0 radical (unpaired) electrons. The summed E-state index contributed by atoms with van der Waals surface area (Å²) < 4.78 is 4.76. The topological polar surface area (TPSA) is 65.7 Å². The molecule has 0 aromatic heterocycles. The van der Waals surface area contributed by atoms with Gasteiger partial charge in [0.05, 0.1) is 12.6 Å². The van der Waals surface area contributed by atoms with Crippen LogP contribution in [0, 0.1) is 11.3 Å². The van der Waals surface area contributed by atoms with Crippen LogP contribution in [-0.2, 0) is 9.53 Å². The second kappa shape index (κ2) is 6.43. The lowest BCUT2D eigenvalue weighted by Gasteiger charge is -2.15. The highest BCUT2D eigenvalue weighted by Gasteiger charge is 2.21. The maximum absolute atomic E-state index is 11.3. The Labute approximate surface area is 93.1 Å². The van der Waals surface area contributed by atoms with Crippen LogP contribution in [0.25, 0.3) is 0 Å². The fourth-order valence-corrected chi connectivity index (χ4v) is 2.24. The lowest BCUT2D eigenvalue weighted by Crippen LogP contribution is -2.32. The SMILES string of the molecule is COCC(=O)CN1CCS/C1=N/CC#N. The number of nitriles is 1. The molecule has 15 heavy (non-hydrogen) atoms. The summed E-state index contributed by atoms with van der Waals surface area (Å²) in [7, 11) is 1.50. The number of nitrogens with zero attached hydrogens (tertiary/aromatic N) is 3. The van der Waals surface area contributed by atoms with Crippen molar-refractivity contribution in [3.8, 4) is 6.07 Å². The van der Waals surface area contributed by atoms with Crippen LogP contribution in [0.5, 0.6) is 0 Å². The number of thioether (sulfide) groups is 1. The first-order valence-electron chi connectivity index (χ1n) is 4.57. The molecule has 1 saturated heterocycles. The predicted octanol–water partition coefficient (Wildman–Crippen LogP) is 0.130. The Hall–Kier alpha value is -1.06. The molecule has 0 spiro atoms. The Bertz CT molecular complexity index is 298. The van der Waals surface area contributed by atoms with Gasteiger partial charge >= 0.3 is 0 Å². The molecule has 0 aromatic carbocycles. The van der Waals surface area contributed by atoms with Gasteiger partial charge in [-0.05, 0) is 0 Å². The maximum Gasteiger partial charge on any atom is 0.177 e. The molecule has 0 N–H and O–H groups in total. The number of amidine groups is 1. The molecule has 1 fully saturated rings. The number of rotatable bonds is 5. The summed E-state index contributed by atoms with van der Waals surface area (Å²) in [6, 6.07) is 1.96. The van der Waals surface area contributed by atoms with Gasteiger partial charge in [0.2, 0.25) is 0 Å². The summed E-state index contributed by atoms with van der Waals surface area (Å²) in [5, 5.41) is 9.20. The number of carbonyl (C=O) groups is 1. The van der Waals surface area contributed by atoms with Crippen LogP contribution in [0.15, 0.2) is 4.99 Å². The average Bonchev–Trinajstić information content (AvgIpc) is 2.63. The smallest absolute Gasteiger partial charge is 0.177 e. The second-order valence-electron chi connectivity index (χ2n) is 3.00. The van der Waals surface area contributed by atoms with E-state index in [0.717, 1.165) is 17.5 Å². The van der Waals surface area contributed by atoms with E-state index in [1.165, 1.54) is 7.11 Å². The zero-order chi connectivity index (χ0) is 11.1. The van der Waals surface area contributed by atoms with Crippen molar-refractivity contribution in [3.05, 3.63) is 0 Å². The van der Waals surface area contributed by atoms with Crippen molar-refractivity contribution in [2.24, 2.45) is 4.99 Å². The van der Waals surface area contributed by atoms with Crippen LogP contribution >= 0.6 is 11.8 Å². The molecule has 5 nitrogen and oxygen atoms in total. The van der Waals surface area contributed by atoms with E-state index in [9.17, 15) is 4.79 Å². The third kappa shape index (κ3) is 3.90. The number of ether oxygens (including phenoxy) is 1. The molecule has 82 valence electrons. The van der Waals surface area contributed by atoms with Gasteiger partial charge in [-0.1, -0.05) is 11.8 Å². The van der Waals surface area contributed by atoms with E-state index in [-0.39, 0.29) is 18.9 Å². The lowest BCUT2D eigenvalue weighted by molar-refractivity contribution is -0.122. The highest BCUT2D eigenvalue weighted by atomic mass is 32.2. The van der Waals surface area contributed by atoms with Crippen molar-refractivity contribution in [2.75, 3.05) is 39.1 Å². The van der Waals surface area contributed by atoms with E-state index in [4.69, 9.17) is 10.00 Å². The fourth-order valence-electron chi connectivity index (χ4n) is 1.25. The first-order valence-corrected chi connectivity index (χ1v) is 5.56. The molecular weight excluding hydrogens is 214 g/mol. The Kier molecular flexibility index (Phi) is 5.15. The molecule has 0 bridgehead atoms. The summed E-state index contributed by atoms with van der Waals surface area (Å²) in [5.74, 6) is 0.953. The minimum Gasteiger partial charge on any atom is -0.377 e. The van der Waals surface area contributed by atoms with Crippen molar-refractivity contribution in [3.63, 3.8) is 0 Å². The minimum atomic E-state index is 0.0321. The highest BCUT2D eigenvalue weighted by Crippen LogP contribution is 2.17. The summed E-state index contributed by atoms with van der Waals surface area (Å²) in [5.41, 5.74) is 0. The van der Waals surface area contributed by atoms with Gasteiger partial charge in [0.1, 0.15) is 13.2 Å². The van der Waals surface area contributed by atoms with Crippen molar-refractivity contribution < 1.29 is 9.53 Å². The van der Waals surface area contributed by atoms with Gasteiger partial charge in [-0.15, -0.1) is 0 Å². The summed E-state index contributed by atoms with van der Waals surface area (Å²) in [4.78, 5) is 17.3. The van der Waals surface area contributed by atoms with E-state index >= 15 is 0 Å². The van der Waals surface area contributed by atoms with Gasteiger partial charge in [0, 0.05) is 19.4 Å². The van der Waals surface area contributed by atoms with Gasteiger partial charge < -0.3 is 9.64 Å². The summed E-state index contributed by atoms with van der Waals surface area (Å²) >= 11 is 1.58. The van der Waals surface area contributed by atoms with Gasteiger partial charge in [-0.25, -0.2) is 4.99 Å². The molecule has 0 aliphatic carbocycles. The molecule has 1 aliphatic rings.